The molecule has 0 saturated heterocycles. The molecule has 0 saturated carbocycles. The minimum absolute atomic E-state index is 0.0916. The van der Waals surface area contributed by atoms with Gasteiger partial charge in [0.05, 0.1) is 5.69 Å². The van der Waals surface area contributed by atoms with Gasteiger partial charge >= 0.3 is 0 Å². The maximum Gasteiger partial charge on any atom is 0.258 e. The number of thioether (sulfide) groups is 1. The Morgan fingerprint density at radius 3 is 2.83 bits per heavy atom. The maximum absolute atomic E-state index is 12.3. The first-order valence-electron chi connectivity index (χ1n) is 9.36. The largest absolute Gasteiger partial charge is 0.300 e. The number of pyridine rings is 1. The lowest BCUT2D eigenvalue weighted by Crippen LogP contribution is -2.15. The van der Waals surface area contributed by atoms with Gasteiger partial charge in [0.1, 0.15) is 5.65 Å². The van der Waals surface area contributed by atoms with Crippen LogP contribution >= 0.6 is 23.1 Å². The van der Waals surface area contributed by atoms with Crippen LogP contribution in [0.5, 0.6) is 0 Å². The molecule has 0 fully saturated rings. The summed E-state index contributed by atoms with van der Waals surface area (Å²) in [7, 11) is 0. The molecule has 1 aromatic carbocycles. The number of hydrogen-bond donors (Lipinski definition) is 1. The summed E-state index contributed by atoms with van der Waals surface area (Å²) < 4.78 is 2.25. The second-order valence-corrected chi connectivity index (χ2v) is 8.92. The lowest BCUT2D eigenvalue weighted by atomic mass is 10.1. The first-order valence-corrected chi connectivity index (χ1v) is 11.2. The van der Waals surface area contributed by atoms with Crippen molar-refractivity contribution in [2.75, 3.05) is 5.32 Å². The molecule has 4 aromatic rings. The number of rotatable bonds is 7. The van der Waals surface area contributed by atoms with E-state index in [1.54, 1.807) is 6.20 Å². The molecule has 1 amide bonds. The number of aryl methyl sites for hydroxylation is 2. The summed E-state index contributed by atoms with van der Waals surface area (Å²) in [6, 6.07) is 15.2. The van der Waals surface area contributed by atoms with E-state index >= 15 is 0 Å². The Morgan fingerprint density at radius 2 is 2.00 bits per heavy atom. The molecule has 0 aliphatic rings. The van der Waals surface area contributed by atoms with Crippen molar-refractivity contribution < 1.29 is 4.79 Å². The minimum atomic E-state index is -0.108. The molecule has 0 unspecified atom stereocenters. The Hall–Kier alpha value is -3.04. The molecule has 3 heterocycles. The van der Waals surface area contributed by atoms with Crippen LogP contribution in [-0.2, 0) is 17.0 Å². The van der Waals surface area contributed by atoms with Crippen LogP contribution in [0.15, 0.2) is 63.9 Å². The van der Waals surface area contributed by atoms with Crippen molar-refractivity contribution in [3.05, 3.63) is 81.9 Å². The molecule has 0 aliphatic heterocycles. The number of fused-ring (bicyclic) bond motifs is 1. The van der Waals surface area contributed by atoms with Gasteiger partial charge in [-0.3, -0.25) is 14.0 Å². The average molecular weight is 438 g/mol. The lowest BCUT2D eigenvalue weighted by molar-refractivity contribution is -0.116. The number of anilines is 1. The van der Waals surface area contributed by atoms with Crippen LogP contribution in [-0.4, -0.2) is 25.5 Å². The van der Waals surface area contributed by atoms with Crippen LogP contribution in [0.1, 0.15) is 23.2 Å². The van der Waals surface area contributed by atoms with Crippen molar-refractivity contribution in [3.8, 4) is 0 Å². The predicted molar refractivity (Wildman–Crippen MR) is 119 cm³/mol. The molecular weight excluding hydrogens is 418 g/mol. The van der Waals surface area contributed by atoms with Crippen LogP contribution in [0.3, 0.4) is 0 Å². The Bertz CT molecular complexity index is 1240. The van der Waals surface area contributed by atoms with Crippen LogP contribution in [0.4, 0.5) is 5.13 Å². The van der Waals surface area contributed by atoms with Crippen LogP contribution < -0.4 is 10.9 Å². The van der Waals surface area contributed by atoms with Gasteiger partial charge in [-0.05, 0) is 30.5 Å². The highest BCUT2D eigenvalue weighted by molar-refractivity contribution is 8.00. The second-order valence-electron chi connectivity index (χ2n) is 6.72. The Labute approximate surface area is 181 Å². The number of nitrogens with one attached hydrogen (secondary N) is 1. The van der Waals surface area contributed by atoms with E-state index in [0.29, 0.717) is 39.4 Å². The molecule has 152 valence electrons. The van der Waals surface area contributed by atoms with Crippen molar-refractivity contribution in [1.29, 1.82) is 0 Å². The molecule has 30 heavy (non-hydrogen) atoms. The smallest absolute Gasteiger partial charge is 0.258 e. The van der Waals surface area contributed by atoms with E-state index in [2.05, 4.69) is 20.5 Å². The molecule has 3 aromatic heterocycles. The third kappa shape index (κ3) is 5.11. The highest BCUT2D eigenvalue weighted by atomic mass is 32.2. The lowest BCUT2D eigenvalue weighted by Gasteiger charge is -2.04. The summed E-state index contributed by atoms with van der Waals surface area (Å²) in [5.41, 5.74) is 3.31. The van der Waals surface area contributed by atoms with Crippen molar-refractivity contribution in [1.82, 2.24) is 19.6 Å². The van der Waals surface area contributed by atoms with Gasteiger partial charge in [0.25, 0.3) is 5.56 Å². The van der Waals surface area contributed by atoms with Crippen LogP contribution in [0, 0.1) is 6.92 Å². The van der Waals surface area contributed by atoms with Gasteiger partial charge in [-0.1, -0.05) is 59.5 Å². The first kappa shape index (κ1) is 20.2. The monoisotopic (exact) mass is 437 g/mol. The Kier molecular flexibility index (Phi) is 6.20. The summed E-state index contributed by atoms with van der Waals surface area (Å²) in [4.78, 5) is 29.0. The van der Waals surface area contributed by atoms with Gasteiger partial charge in [0.15, 0.2) is 4.34 Å². The molecule has 0 aliphatic carbocycles. The van der Waals surface area contributed by atoms with Crippen molar-refractivity contribution in [2.45, 2.75) is 29.9 Å². The fourth-order valence-electron chi connectivity index (χ4n) is 2.87. The normalized spacial score (nSPS) is 11.0. The highest BCUT2D eigenvalue weighted by Crippen LogP contribution is 2.27. The van der Waals surface area contributed by atoms with Crippen molar-refractivity contribution >= 4 is 39.8 Å². The van der Waals surface area contributed by atoms with E-state index in [1.807, 2.05) is 49.4 Å². The first-order chi connectivity index (χ1) is 14.6. The number of nitrogens with zero attached hydrogens (tertiary/aromatic N) is 4. The van der Waals surface area contributed by atoms with Crippen LogP contribution in [0.2, 0.25) is 0 Å². The van der Waals surface area contributed by atoms with Crippen molar-refractivity contribution in [3.63, 3.8) is 0 Å². The van der Waals surface area contributed by atoms with Gasteiger partial charge in [-0.15, -0.1) is 10.2 Å². The average Bonchev–Trinajstić information content (AvgIpc) is 3.19. The number of amides is 1. The fourth-order valence-corrected chi connectivity index (χ4v) is 4.53. The molecule has 7 nitrogen and oxygen atoms in total. The fraction of sp³-hybridized carbons (Fsp3) is 0.190. The zero-order valence-electron chi connectivity index (χ0n) is 16.2. The molecule has 0 radical (unpaired) electrons. The van der Waals surface area contributed by atoms with E-state index in [0.717, 1.165) is 11.1 Å². The summed E-state index contributed by atoms with van der Waals surface area (Å²) in [6.07, 6.45) is 2.84. The van der Waals surface area contributed by atoms with E-state index in [1.165, 1.54) is 33.6 Å². The summed E-state index contributed by atoms with van der Waals surface area (Å²) in [6.45, 7) is 1.93. The summed E-state index contributed by atoms with van der Waals surface area (Å²) >= 11 is 2.74. The van der Waals surface area contributed by atoms with Crippen molar-refractivity contribution in [2.24, 2.45) is 0 Å². The number of carbonyl (C=O) groups excluding carboxylic acids is 1. The second kappa shape index (κ2) is 9.19. The molecule has 0 bridgehead atoms. The highest BCUT2D eigenvalue weighted by Gasteiger charge is 2.10. The molecule has 1 N–H and O–H groups in total. The molecule has 0 atom stereocenters. The van der Waals surface area contributed by atoms with E-state index in [9.17, 15) is 9.59 Å². The standard InChI is InChI=1S/C21H19N5O2S2/c1-14-7-9-17-22-16(11-19(28)26(17)12-14)13-29-21-25-24-20(30-21)23-18(27)10-8-15-5-3-2-4-6-15/h2-7,9,11-12H,8,10,13H2,1H3,(H,23,24,27). The predicted octanol–water partition coefficient (Wildman–Crippen LogP) is 3.72. The number of carbonyl (C=O) groups is 1. The van der Waals surface area contributed by atoms with Crippen LogP contribution in [0.25, 0.3) is 5.65 Å². The zero-order chi connectivity index (χ0) is 20.9. The quantitative estimate of drug-likeness (QED) is 0.350. The minimum Gasteiger partial charge on any atom is -0.300 e. The van der Waals surface area contributed by atoms with Gasteiger partial charge in [0, 0.05) is 24.4 Å². The van der Waals surface area contributed by atoms with E-state index in [-0.39, 0.29) is 11.5 Å². The third-order valence-electron chi connectivity index (χ3n) is 4.34. The SMILES string of the molecule is Cc1ccc2nc(CSc3nnc(NC(=O)CCc4ccccc4)s3)cc(=O)n2c1. The van der Waals surface area contributed by atoms with Gasteiger partial charge < -0.3 is 5.32 Å². The topological polar surface area (TPSA) is 89.2 Å². The molecule has 4 rings (SSSR count). The zero-order valence-corrected chi connectivity index (χ0v) is 17.9. The summed E-state index contributed by atoms with van der Waals surface area (Å²) in [5, 5.41) is 11.4. The molecule has 9 heteroatoms. The van der Waals surface area contributed by atoms with E-state index < -0.39 is 0 Å². The summed E-state index contributed by atoms with van der Waals surface area (Å²) in [5.74, 6) is 0.405. The Balaban J connectivity index is 1.33. The third-order valence-corrected chi connectivity index (χ3v) is 6.35. The van der Waals surface area contributed by atoms with Gasteiger partial charge in [-0.25, -0.2) is 4.98 Å². The Morgan fingerprint density at radius 1 is 1.17 bits per heavy atom. The van der Waals surface area contributed by atoms with E-state index in [4.69, 9.17) is 0 Å². The van der Waals surface area contributed by atoms with Gasteiger partial charge in [-0.2, -0.15) is 0 Å². The number of hydrogen-bond acceptors (Lipinski definition) is 7. The number of benzene rings is 1. The number of aromatic nitrogens is 4. The molecular formula is C21H19N5O2S2. The maximum atomic E-state index is 12.3. The van der Waals surface area contributed by atoms with Gasteiger partial charge in [0.2, 0.25) is 11.0 Å². The molecule has 0 spiro atoms.